The fraction of sp³-hybridized carbons (Fsp3) is 0.360. The lowest BCUT2D eigenvalue weighted by Crippen LogP contribution is -2.22. The number of fused-ring (bicyclic) bond motifs is 1. The van der Waals surface area contributed by atoms with Gasteiger partial charge in [-0.1, -0.05) is 44.2 Å². The quantitative estimate of drug-likeness (QED) is 0.579. The van der Waals surface area contributed by atoms with Gasteiger partial charge >= 0.3 is 0 Å². The fourth-order valence-electron chi connectivity index (χ4n) is 3.64. The van der Waals surface area contributed by atoms with Crippen molar-refractivity contribution in [1.29, 1.82) is 0 Å². The molecule has 0 aliphatic carbocycles. The lowest BCUT2D eigenvalue weighted by Gasteiger charge is -2.20. The molecule has 0 saturated heterocycles. The Morgan fingerprint density at radius 2 is 1.75 bits per heavy atom. The number of aliphatic imine (C=N–C) groups is 1. The van der Waals surface area contributed by atoms with Gasteiger partial charge in [-0.3, -0.25) is 9.79 Å². The van der Waals surface area contributed by atoms with Gasteiger partial charge in [0.1, 0.15) is 0 Å². The summed E-state index contributed by atoms with van der Waals surface area (Å²) in [6.07, 6.45) is 4.00. The molecule has 0 N–H and O–H groups in total. The second kappa shape index (κ2) is 8.14. The zero-order chi connectivity index (χ0) is 20.3. The summed E-state index contributed by atoms with van der Waals surface area (Å²) in [6, 6.07) is 14.5. The van der Waals surface area contributed by atoms with Gasteiger partial charge in [-0.2, -0.15) is 0 Å². The van der Waals surface area contributed by atoms with Crippen LogP contribution in [0.3, 0.4) is 0 Å². The smallest absolute Gasteiger partial charge is 0.160 e. The van der Waals surface area contributed by atoms with Crippen molar-refractivity contribution >= 4 is 28.9 Å². The first-order chi connectivity index (χ1) is 13.3. The van der Waals surface area contributed by atoms with Crippen LogP contribution in [0.2, 0.25) is 0 Å². The van der Waals surface area contributed by atoms with Crippen molar-refractivity contribution in [1.82, 2.24) is 0 Å². The Bertz CT molecular complexity index is 916. The molecule has 146 valence electrons. The zero-order valence-corrected chi connectivity index (χ0v) is 17.6. The molecule has 0 spiro atoms. The van der Waals surface area contributed by atoms with Crippen molar-refractivity contribution in [2.45, 2.75) is 46.5 Å². The first kappa shape index (κ1) is 20.1. The van der Waals surface area contributed by atoms with E-state index in [1.165, 1.54) is 11.3 Å². The average molecular weight is 375 g/mol. The molecule has 28 heavy (non-hydrogen) atoms. The van der Waals surface area contributed by atoms with Crippen molar-refractivity contribution in [3.8, 4) is 0 Å². The van der Waals surface area contributed by atoms with E-state index in [2.05, 4.69) is 74.8 Å². The predicted molar refractivity (Wildman–Crippen MR) is 120 cm³/mol. The number of hydrogen-bond donors (Lipinski definition) is 0. The molecule has 1 aliphatic heterocycles. The highest BCUT2D eigenvalue weighted by atomic mass is 16.1. The number of carbonyl (C=O) groups is 1. The minimum Gasteiger partial charge on any atom is -0.372 e. The van der Waals surface area contributed by atoms with E-state index in [-0.39, 0.29) is 11.2 Å². The molecule has 3 rings (SSSR count). The lowest BCUT2D eigenvalue weighted by atomic mass is 9.81. The number of nitrogens with zero attached hydrogens (tertiary/aromatic N) is 2. The minimum absolute atomic E-state index is 0.0587. The van der Waals surface area contributed by atoms with Gasteiger partial charge in [0, 0.05) is 36.3 Å². The van der Waals surface area contributed by atoms with E-state index >= 15 is 0 Å². The number of carbonyl (C=O) groups excluding carboxylic acids is 1. The summed E-state index contributed by atoms with van der Waals surface area (Å²) in [6.45, 7) is 12.7. The molecule has 1 heterocycles. The first-order valence-electron chi connectivity index (χ1n) is 10.1. The van der Waals surface area contributed by atoms with Crippen LogP contribution >= 0.6 is 0 Å². The lowest BCUT2D eigenvalue weighted by molar-refractivity contribution is -0.113. The molecule has 0 amide bonds. The number of rotatable bonds is 7. The molecule has 0 unspecified atom stereocenters. The van der Waals surface area contributed by atoms with Crippen molar-refractivity contribution in [2.24, 2.45) is 4.99 Å². The topological polar surface area (TPSA) is 32.7 Å². The molecule has 3 nitrogen and oxygen atoms in total. The number of ketones is 1. The Labute approximate surface area is 168 Å². The van der Waals surface area contributed by atoms with E-state index in [1.54, 1.807) is 6.08 Å². The molecule has 2 aromatic carbocycles. The third-order valence-electron chi connectivity index (χ3n) is 5.79. The van der Waals surface area contributed by atoms with Gasteiger partial charge in [-0.25, -0.2) is 0 Å². The van der Waals surface area contributed by atoms with E-state index in [1.807, 2.05) is 18.2 Å². The van der Waals surface area contributed by atoms with E-state index in [4.69, 9.17) is 0 Å². The van der Waals surface area contributed by atoms with Crippen molar-refractivity contribution in [3.05, 3.63) is 65.2 Å². The summed E-state index contributed by atoms with van der Waals surface area (Å²) >= 11 is 0. The Morgan fingerprint density at radius 3 is 2.39 bits per heavy atom. The van der Waals surface area contributed by atoms with Crippen molar-refractivity contribution < 1.29 is 4.79 Å². The Kier molecular flexibility index (Phi) is 5.83. The van der Waals surface area contributed by atoms with Gasteiger partial charge in [0.05, 0.1) is 5.69 Å². The second-order valence-corrected chi connectivity index (χ2v) is 7.91. The van der Waals surface area contributed by atoms with Crippen LogP contribution in [0, 0.1) is 0 Å². The first-order valence-corrected chi connectivity index (χ1v) is 10.1. The average Bonchev–Trinajstić information content (AvgIpc) is 2.91. The number of hydrogen-bond acceptors (Lipinski definition) is 3. The van der Waals surface area contributed by atoms with E-state index in [0.29, 0.717) is 6.42 Å². The van der Waals surface area contributed by atoms with Gasteiger partial charge in [0.25, 0.3) is 0 Å². The van der Waals surface area contributed by atoms with Crippen LogP contribution in [0.5, 0.6) is 0 Å². The molecule has 0 aromatic heterocycles. The van der Waals surface area contributed by atoms with Crippen LogP contribution < -0.4 is 4.90 Å². The van der Waals surface area contributed by atoms with E-state index < -0.39 is 0 Å². The highest BCUT2D eigenvalue weighted by Crippen LogP contribution is 2.40. The molecule has 0 atom stereocenters. The third-order valence-corrected chi connectivity index (χ3v) is 5.79. The summed E-state index contributed by atoms with van der Waals surface area (Å²) in [5.74, 6) is 0.112. The highest BCUT2D eigenvalue weighted by Gasteiger charge is 2.32. The third kappa shape index (κ3) is 4.09. The maximum absolute atomic E-state index is 12.5. The Hall–Kier alpha value is -2.68. The van der Waals surface area contributed by atoms with Crippen LogP contribution in [0.4, 0.5) is 11.4 Å². The molecular formula is C25H30N2O. The van der Waals surface area contributed by atoms with Crippen LogP contribution in [0.25, 0.3) is 6.08 Å². The Morgan fingerprint density at radius 1 is 1.07 bits per heavy atom. The summed E-state index contributed by atoms with van der Waals surface area (Å²) < 4.78 is 0. The SMILES string of the molecule is CCN(CC)c1ccc(/C=C/C(=O)Cc2ccc3c(c2)C(C)(C)C(C)=N3)cc1. The number of anilines is 1. The second-order valence-electron chi connectivity index (χ2n) is 7.91. The van der Waals surface area contributed by atoms with Crippen molar-refractivity contribution in [2.75, 3.05) is 18.0 Å². The maximum atomic E-state index is 12.5. The van der Waals surface area contributed by atoms with Crippen LogP contribution in [0.15, 0.2) is 53.5 Å². The monoisotopic (exact) mass is 374 g/mol. The zero-order valence-electron chi connectivity index (χ0n) is 17.6. The van der Waals surface area contributed by atoms with Gasteiger partial charge in [0.15, 0.2) is 5.78 Å². The van der Waals surface area contributed by atoms with Gasteiger partial charge in [-0.15, -0.1) is 0 Å². The van der Waals surface area contributed by atoms with Gasteiger partial charge in [0.2, 0.25) is 0 Å². The molecule has 2 aromatic rings. The van der Waals surface area contributed by atoms with Crippen LogP contribution in [0.1, 0.15) is 51.3 Å². The van der Waals surface area contributed by atoms with Crippen LogP contribution in [-0.4, -0.2) is 24.6 Å². The van der Waals surface area contributed by atoms with Crippen molar-refractivity contribution in [3.63, 3.8) is 0 Å². The van der Waals surface area contributed by atoms with Gasteiger partial charge < -0.3 is 4.90 Å². The molecule has 0 radical (unpaired) electrons. The molecule has 0 fully saturated rings. The molecule has 1 aliphatic rings. The predicted octanol–water partition coefficient (Wildman–Crippen LogP) is 5.74. The van der Waals surface area contributed by atoms with Gasteiger partial charge in [-0.05, 0) is 61.7 Å². The summed E-state index contributed by atoms with van der Waals surface area (Å²) in [5, 5.41) is 0. The normalized spacial score (nSPS) is 14.8. The maximum Gasteiger partial charge on any atom is 0.160 e. The van der Waals surface area contributed by atoms with Crippen LogP contribution in [-0.2, 0) is 16.6 Å². The summed E-state index contributed by atoms with van der Waals surface area (Å²) in [5.41, 5.74) is 6.61. The Balaban J connectivity index is 1.66. The summed E-state index contributed by atoms with van der Waals surface area (Å²) in [4.78, 5) is 19.4. The van der Waals surface area contributed by atoms with E-state index in [0.717, 1.165) is 35.6 Å². The number of allylic oxidation sites excluding steroid dienone is 1. The molecular weight excluding hydrogens is 344 g/mol. The standard InChI is InChI=1S/C25H30N2O/c1-6-27(7-2)21-12-8-19(9-13-21)10-14-22(28)16-20-11-15-24-23(17-20)25(4,5)18(3)26-24/h8-15,17H,6-7,16H2,1-5H3/b14-10+. The molecule has 0 bridgehead atoms. The minimum atomic E-state index is -0.0587. The molecule has 3 heteroatoms. The van der Waals surface area contributed by atoms with E-state index in [9.17, 15) is 4.79 Å². The summed E-state index contributed by atoms with van der Waals surface area (Å²) in [7, 11) is 0. The molecule has 0 saturated carbocycles. The largest absolute Gasteiger partial charge is 0.372 e. The fourth-order valence-corrected chi connectivity index (χ4v) is 3.64. The number of benzene rings is 2. The highest BCUT2D eigenvalue weighted by molar-refractivity contribution is 6.00.